The number of unbranched alkanes of at least 4 members (excludes halogenated alkanes) is 13. The Hall–Kier alpha value is -0.610. The molecular formula is C23H48NO3+. The fourth-order valence-electron chi connectivity index (χ4n) is 3.67. The van der Waals surface area contributed by atoms with E-state index in [1.165, 1.54) is 83.5 Å². The summed E-state index contributed by atoms with van der Waals surface area (Å²) in [4.78, 5) is 11.1. The Morgan fingerprint density at radius 3 is 1.52 bits per heavy atom. The van der Waals surface area contributed by atoms with E-state index in [1.54, 1.807) is 6.92 Å². The molecule has 0 spiro atoms. The molecule has 0 fully saturated rings. The van der Waals surface area contributed by atoms with E-state index in [0.29, 0.717) is 11.0 Å². The first kappa shape index (κ1) is 26.4. The maximum Gasteiger partial charge on any atom is 0.362 e. The molecule has 4 heteroatoms. The number of quaternary nitrogens is 1. The van der Waals surface area contributed by atoms with Gasteiger partial charge in [-0.1, -0.05) is 96.8 Å². The third-order valence-corrected chi connectivity index (χ3v) is 5.98. The number of carboxylic acid groups (broad SMARTS) is 1. The summed E-state index contributed by atoms with van der Waals surface area (Å²) in [7, 11) is 3.76. The zero-order valence-electron chi connectivity index (χ0n) is 18.7. The minimum absolute atomic E-state index is 0.328. The zero-order valence-corrected chi connectivity index (χ0v) is 18.7. The summed E-state index contributed by atoms with van der Waals surface area (Å²) < 4.78 is 0.328. The number of hydrogen-bond acceptors (Lipinski definition) is 2. The quantitative estimate of drug-likeness (QED) is 0.219. The van der Waals surface area contributed by atoms with Crippen molar-refractivity contribution in [1.29, 1.82) is 0 Å². The Bertz CT molecular complexity index is 358. The highest BCUT2D eigenvalue weighted by Crippen LogP contribution is 2.15. The zero-order chi connectivity index (χ0) is 20.5. The van der Waals surface area contributed by atoms with Crippen molar-refractivity contribution in [3.8, 4) is 0 Å². The van der Waals surface area contributed by atoms with Crippen molar-refractivity contribution in [3.05, 3.63) is 0 Å². The fraction of sp³-hybridized carbons (Fsp3) is 0.957. The number of aliphatic hydroxyl groups is 1. The number of carbonyl (C=O) groups is 1. The van der Waals surface area contributed by atoms with Crippen LogP contribution in [0.25, 0.3) is 0 Å². The lowest BCUT2D eigenvalue weighted by atomic mass is 10.0. The lowest BCUT2D eigenvalue weighted by molar-refractivity contribution is -0.907. The molecule has 0 amide bonds. The SMILES string of the molecule is CCCCCCCCCCCCCCCCC(O)C[N+](C)(C)C(C)C(=O)O. The third-order valence-electron chi connectivity index (χ3n) is 5.98. The standard InChI is InChI=1S/C23H47NO3/c1-5-6-7-8-9-10-11-12-13-14-15-16-17-18-19-22(25)20-24(3,4)21(2)23(26)27/h21-22,25H,5-20H2,1-4H3/p+1. The number of rotatable bonds is 19. The lowest BCUT2D eigenvalue weighted by Gasteiger charge is -2.35. The van der Waals surface area contributed by atoms with E-state index in [-0.39, 0.29) is 0 Å². The molecule has 27 heavy (non-hydrogen) atoms. The van der Waals surface area contributed by atoms with Crippen LogP contribution in [-0.4, -0.2) is 53.5 Å². The van der Waals surface area contributed by atoms with Crippen LogP contribution < -0.4 is 0 Å². The molecule has 2 unspecified atom stereocenters. The van der Waals surface area contributed by atoms with Crippen molar-refractivity contribution in [1.82, 2.24) is 0 Å². The Labute approximate surface area is 168 Å². The molecular weight excluding hydrogens is 338 g/mol. The normalized spacial score (nSPS) is 14.3. The van der Waals surface area contributed by atoms with Crippen molar-refractivity contribution in [2.75, 3.05) is 20.6 Å². The molecule has 4 nitrogen and oxygen atoms in total. The molecule has 0 heterocycles. The molecule has 2 atom stereocenters. The first-order chi connectivity index (χ1) is 12.8. The predicted molar refractivity (Wildman–Crippen MR) is 115 cm³/mol. The van der Waals surface area contributed by atoms with E-state index in [9.17, 15) is 9.90 Å². The maximum atomic E-state index is 11.1. The summed E-state index contributed by atoms with van der Waals surface area (Å²) in [5.41, 5.74) is 0. The molecule has 0 aliphatic rings. The molecule has 0 aliphatic heterocycles. The van der Waals surface area contributed by atoms with Crippen LogP contribution >= 0.6 is 0 Å². The molecule has 2 N–H and O–H groups in total. The molecule has 0 aromatic rings. The number of aliphatic carboxylic acids is 1. The molecule has 0 aliphatic carbocycles. The van der Waals surface area contributed by atoms with Gasteiger partial charge >= 0.3 is 5.97 Å². The van der Waals surface area contributed by atoms with Crippen molar-refractivity contribution in [2.24, 2.45) is 0 Å². The van der Waals surface area contributed by atoms with Gasteiger partial charge in [-0.25, -0.2) is 4.79 Å². The van der Waals surface area contributed by atoms with Gasteiger partial charge in [0.2, 0.25) is 0 Å². The van der Waals surface area contributed by atoms with E-state index in [2.05, 4.69) is 6.92 Å². The Morgan fingerprint density at radius 1 is 0.778 bits per heavy atom. The highest BCUT2D eigenvalue weighted by atomic mass is 16.4. The first-order valence-electron chi connectivity index (χ1n) is 11.5. The van der Waals surface area contributed by atoms with Gasteiger partial charge in [-0.3, -0.25) is 0 Å². The average Bonchev–Trinajstić information content (AvgIpc) is 2.60. The molecule has 0 bridgehead atoms. The van der Waals surface area contributed by atoms with Crippen LogP contribution in [0.5, 0.6) is 0 Å². The summed E-state index contributed by atoms with van der Waals surface area (Å²) >= 11 is 0. The topological polar surface area (TPSA) is 57.5 Å². The number of nitrogens with zero attached hydrogens (tertiary/aromatic N) is 1. The van der Waals surface area contributed by atoms with Crippen molar-refractivity contribution >= 4 is 5.97 Å². The second-order valence-electron chi connectivity index (χ2n) is 9.01. The number of hydrogen-bond donors (Lipinski definition) is 2. The van der Waals surface area contributed by atoms with Gasteiger partial charge in [-0.05, 0) is 13.3 Å². The number of carboxylic acids is 1. The van der Waals surface area contributed by atoms with Crippen LogP contribution in [0.2, 0.25) is 0 Å². The molecule has 0 aromatic carbocycles. The largest absolute Gasteiger partial charge is 0.477 e. The van der Waals surface area contributed by atoms with Gasteiger partial charge in [0.1, 0.15) is 12.6 Å². The first-order valence-corrected chi connectivity index (χ1v) is 11.5. The van der Waals surface area contributed by atoms with Crippen molar-refractivity contribution in [2.45, 2.75) is 122 Å². The van der Waals surface area contributed by atoms with Crippen LogP contribution in [0.1, 0.15) is 110 Å². The second-order valence-corrected chi connectivity index (χ2v) is 9.01. The molecule has 0 rings (SSSR count). The Morgan fingerprint density at radius 2 is 1.15 bits per heavy atom. The Balaban J connectivity index is 3.45. The molecule has 0 saturated heterocycles. The summed E-state index contributed by atoms with van der Waals surface area (Å²) in [6.07, 6.45) is 19.1. The highest BCUT2D eigenvalue weighted by molar-refractivity contribution is 5.71. The van der Waals surface area contributed by atoms with E-state index < -0.39 is 18.1 Å². The van der Waals surface area contributed by atoms with Gasteiger partial charge in [-0.15, -0.1) is 0 Å². The van der Waals surface area contributed by atoms with Crippen molar-refractivity contribution in [3.63, 3.8) is 0 Å². The fourth-order valence-corrected chi connectivity index (χ4v) is 3.67. The molecule has 0 aromatic heterocycles. The highest BCUT2D eigenvalue weighted by Gasteiger charge is 2.32. The summed E-state index contributed by atoms with van der Waals surface area (Å²) in [5.74, 6) is -0.802. The summed E-state index contributed by atoms with van der Waals surface area (Å²) in [5, 5.41) is 19.3. The Kier molecular flexibility index (Phi) is 16.0. The minimum Gasteiger partial charge on any atom is -0.477 e. The molecule has 162 valence electrons. The van der Waals surface area contributed by atoms with Crippen LogP contribution in [0.4, 0.5) is 0 Å². The van der Waals surface area contributed by atoms with Gasteiger partial charge in [0.15, 0.2) is 6.04 Å². The van der Waals surface area contributed by atoms with E-state index in [0.717, 1.165) is 12.8 Å². The van der Waals surface area contributed by atoms with Gasteiger partial charge in [0.25, 0.3) is 0 Å². The molecule has 0 radical (unpaired) electrons. The minimum atomic E-state index is -0.802. The predicted octanol–water partition coefficient (Wildman–Crippen LogP) is 5.77. The third kappa shape index (κ3) is 15.0. The maximum absolute atomic E-state index is 11.1. The van der Waals surface area contributed by atoms with Gasteiger partial charge in [0.05, 0.1) is 14.1 Å². The summed E-state index contributed by atoms with van der Waals surface area (Å²) in [6.45, 7) is 4.48. The van der Waals surface area contributed by atoms with Crippen LogP contribution in [-0.2, 0) is 4.79 Å². The number of aliphatic hydroxyl groups excluding tert-OH is 1. The van der Waals surface area contributed by atoms with Gasteiger partial charge in [-0.2, -0.15) is 0 Å². The second kappa shape index (κ2) is 16.4. The average molecular weight is 387 g/mol. The van der Waals surface area contributed by atoms with Gasteiger partial charge in [0, 0.05) is 0 Å². The van der Waals surface area contributed by atoms with Crippen LogP contribution in [0.15, 0.2) is 0 Å². The van der Waals surface area contributed by atoms with E-state index in [1.807, 2.05) is 14.1 Å². The lowest BCUT2D eigenvalue weighted by Crippen LogP contribution is -2.54. The summed E-state index contributed by atoms with van der Waals surface area (Å²) in [6, 6.07) is -0.490. The molecule has 0 saturated carbocycles. The smallest absolute Gasteiger partial charge is 0.362 e. The van der Waals surface area contributed by atoms with Crippen LogP contribution in [0.3, 0.4) is 0 Å². The van der Waals surface area contributed by atoms with E-state index >= 15 is 0 Å². The van der Waals surface area contributed by atoms with E-state index in [4.69, 9.17) is 5.11 Å². The number of likely N-dealkylation sites (N-methyl/N-ethyl adjacent to an activating group) is 1. The van der Waals surface area contributed by atoms with Crippen molar-refractivity contribution < 1.29 is 19.5 Å². The van der Waals surface area contributed by atoms with Gasteiger partial charge < -0.3 is 14.7 Å². The van der Waals surface area contributed by atoms with Crippen LogP contribution in [0, 0.1) is 0 Å². The monoisotopic (exact) mass is 386 g/mol.